The van der Waals surface area contributed by atoms with Crippen LogP contribution in [-0.4, -0.2) is 55.6 Å². The minimum absolute atomic E-state index is 0.0157. The number of carbonyl (C=O) groups is 2. The number of unbranched alkanes of at least 4 members (excludes halogenated alkanes) is 1. The number of halogens is 3. The van der Waals surface area contributed by atoms with Gasteiger partial charge in [-0.3, -0.25) is 9.59 Å². The lowest BCUT2D eigenvalue weighted by atomic mass is 9.70. The Bertz CT molecular complexity index is 1150. The quantitative estimate of drug-likeness (QED) is 0.173. The van der Waals surface area contributed by atoms with E-state index in [9.17, 15) is 22.8 Å². The summed E-state index contributed by atoms with van der Waals surface area (Å²) in [7, 11) is 0. The number of hydrogen-bond acceptors (Lipinski definition) is 3. The Morgan fingerprint density at radius 3 is 2.59 bits per heavy atom. The molecule has 224 valence electrons. The number of nitrogens with zero attached hydrogens (tertiary/aromatic N) is 1. The number of amides is 2. The molecule has 8 heteroatoms. The summed E-state index contributed by atoms with van der Waals surface area (Å²) in [6.07, 6.45) is 13.0. The van der Waals surface area contributed by atoms with Crippen molar-refractivity contribution in [1.82, 2.24) is 15.5 Å². The SMILES string of the molecule is C/C=C\C/C=C\CC(=O)NCCCN(CC)CCCCC1(C(=O)NCC(F)(F)F)C2=C(C=CCC2)c2ccccc21. The zero-order valence-electron chi connectivity index (χ0n) is 24.4. The highest BCUT2D eigenvalue weighted by Crippen LogP contribution is 2.53. The zero-order chi connectivity index (χ0) is 29.7. The molecule has 0 radical (unpaired) electrons. The van der Waals surface area contributed by atoms with Crippen LogP contribution < -0.4 is 10.6 Å². The monoisotopic (exact) mass is 571 g/mol. The van der Waals surface area contributed by atoms with Gasteiger partial charge < -0.3 is 15.5 Å². The Hall–Kier alpha value is -3.13. The Balaban J connectivity index is 1.57. The molecule has 2 aliphatic rings. The van der Waals surface area contributed by atoms with Gasteiger partial charge in [0, 0.05) is 13.0 Å². The van der Waals surface area contributed by atoms with Crippen LogP contribution in [0.5, 0.6) is 0 Å². The minimum atomic E-state index is -4.47. The molecule has 1 atom stereocenters. The number of benzene rings is 1. The summed E-state index contributed by atoms with van der Waals surface area (Å²) < 4.78 is 39.3. The fourth-order valence-electron chi connectivity index (χ4n) is 5.86. The first-order chi connectivity index (χ1) is 19.7. The second kappa shape index (κ2) is 15.8. The molecule has 2 N–H and O–H groups in total. The second-order valence-corrected chi connectivity index (χ2v) is 10.7. The van der Waals surface area contributed by atoms with Gasteiger partial charge >= 0.3 is 6.18 Å². The van der Waals surface area contributed by atoms with Crippen LogP contribution in [-0.2, 0) is 15.0 Å². The molecule has 2 aliphatic carbocycles. The summed E-state index contributed by atoms with van der Waals surface area (Å²) in [5, 5.41) is 5.19. The van der Waals surface area contributed by atoms with Crippen molar-refractivity contribution in [3.63, 3.8) is 0 Å². The van der Waals surface area contributed by atoms with Gasteiger partial charge in [0.05, 0.1) is 5.41 Å². The third-order valence-corrected chi connectivity index (χ3v) is 7.87. The minimum Gasteiger partial charge on any atom is -0.356 e. The molecule has 1 aromatic rings. The fraction of sp³-hybridized carbons (Fsp3) is 0.515. The van der Waals surface area contributed by atoms with E-state index < -0.39 is 24.0 Å². The van der Waals surface area contributed by atoms with E-state index in [1.807, 2.05) is 61.6 Å². The lowest BCUT2D eigenvalue weighted by Crippen LogP contribution is -2.47. The highest BCUT2D eigenvalue weighted by atomic mass is 19.4. The maximum Gasteiger partial charge on any atom is 0.405 e. The number of allylic oxidation sites excluding steroid dienone is 6. The number of alkyl halides is 3. The van der Waals surface area contributed by atoms with E-state index in [0.717, 1.165) is 67.6 Å². The standard InChI is InChI=1S/C33H44F3N3O2/c1-3-5-6-7-8-20-30(40)37-22-15-24-39(4-2)23-14-13-21-32(31(41)38-25-33(34,35)36)28-18-11-9-16-26(28)27-17-10-12-19-29(27)32/h3,5,7-11,16-18H,4,6,12-15,19-25H2,1-2H3,(H,37,40)(H,38,41)/b5-3-,8-7-. The van der Waals surface area contributed by atoms with Crippen molar-refractivity contribution in [2.75, 3.05) is 32.7 Å². The average molecular weight is 572 g/mol. The van der Waals surface area contributed by atoms with Gasteiger partial charge in [-0.1, -0.05) is 74.1 Å². The van der Waals surface area contributed by atoms with Gasteiger partial charge in [-0.15, -0.1) is 0 Å². The lowest BCUT2D eigenvalue weighted by molar-refractivity contribution is -0.141. The molecule has 2 amide bonds. The molecule has 0 bridgehead atoms. The Kier molecular flexibility index (Phi) is 12.4. The number of fused-ring (bicyclic) bond motifs is 2. The topological polar surface area (TPSA) is 61.4 Å². The van der Waals surface area contributed by atoms with Gasteiger partial charge in [-0.05, 0) is 87.4 Å². The highest BCUT2D eigenvalue weighted by molar-refractivity contribution is 6.02. The fourth-order valence-corrected chi connectivity index (χ4v) is 5.86. The smallest absolute Gasteiger partial charge is 0.356 e. The predicted octanol–water partition coefficient (Wildman–Crippen LogP) is 6.63. The number of carbonyl (C=O) groups excluding carboxylic acids is 2. The number of rotatable bonds is 16. The van der Waals surface area contributed by atoms with Crippen molar-refractivity contribution in [2.24, 2.45) is 0 Å². The molecule has 41 heavy (non-hydrogen) atoms. The first kappa shape index (κ1) is 32.4. The molecule has 5 nitrogen and oxygen atoms in total. The Labute approximate surface area is 242 Å². The molecule has 0 aromatic heterocycles. The van der Waals surface area contributed by atoms with Crippen LogP contribution in [0, 0.1) is 0 Å². The van der Waals surface area contributed by atoms with Crippen molar-refractivity contribution in [2.45, 2.75) is 76.8 Å². The molecule has 0 saturated heterocycles. The third-order valence-electron chi connectivity index (χ3n) is 7.87. The van der Waals surface area contributed by atoms with E-state index >= 15 is 0 Å². The van der Waals surface area contributed by atoms with Gasteiger partial charge in [-0.25, -0.2) is 0 Å². The largest absolute Gasteiger partial charge is 0.405 e. The predicted molar refractivity (Wildman–Crippen MR) is 159 cm³/mol. The van der Waals surface area contributed by atoms with Crippen LogP contribution in [0.2, 0.25) is 0 Å². The van der Waals surface area contributed by atoms with Crippen molar-refractivity contribution >= 4 is 17.4 Å². The van der Waals surface area contributed by atoms with Gasteiger partial charge in [0.25, 0.3) is 0 Å². The van der Waals surface area contributed by atoms with Crippen LogP contribution in [0.4, 0.5) is 13.2 Å². The highest BCUT2D eigenvalue weighted by Gasteiger charge is 2.50. The molecule has 1 unspecified atom stereocenters. The van der Waals surface area contributed by atoms with Crippen molar-refractivity contribution < 1.29 is 22.8 Å². The van der Waals surface area contributed by atoms with Crippen LogP contribution in [0.15, 0.2) is 66.3 Å². The van der Waals surface area contributed by atoms with Gasteiger partial charge in [0.1, 0.15) is 6.54 Å². The molecule has 0 saturated carbocycles. The molecule has 0 aliphatic heterocycles. The van der Waals surface area contributed by atoms with Gasteiger partial charge in [-0.2, -0.15) is 13.2 Å². The van der Waals surface area contributed by atoms with E-state index in [1.165, 1.54) is 0 Å². The van der Waals surface area contributed by atoms with Gasteiger partial charge in [0.15, 0.2) is 0 Å². The maximum absolute atomic E-state index is 13.6. The Morgan fingerprint density at radius 1 is 1.05 bits per heavy atom. The summed E-state index contributed by atoms with van der Waals surface area (Å²) in [5.41, 5.74) is 2.62. The summed E-state index contributed by atoms with van der Waals surface area (Å²) in [4.78, 5) is 28.0. The lowest BCUT2D eigenvalue weighted by Gasteiger charge is -2.34. The van der Waals surface area contributed by atoms with Crippen LogP contribution in [0.3, 0.4) is 0 Å². The maximum atomic E-state index is 13.6. The zero-order valence-corrected chi connectivity index (χ0v) is 24.4. The van der Waals surface area contributed by atoms with Crippen molar-refractivity contribution in [3.8, 4) is 0 Å². The van der Waals surface area contributed by atoms with Crippen LogP contribution >= 0.6 is 0 Å². The van der Waals surface area contributed by atoms with E-state index in [-0.39, 0.29) is 5.91 Å². The van der Waals surface area contributed by atoms with E-state index in [1.54, 1.807) is 0 Å². The van der Waals surface area contributed by atoms with Crippen molar-refractivity contribution in [3.05, 3.63) is 77.4 Å². The molecule has 3 rings (SSSR count). The summed E-state index contributed by atoms with van der Waals surface area (Å²) in [6.45, 7) is 5.87. The average Bonchev–Trinajstić information content (AvgIpc) is 3.25. The summed E-state index contributed by atoms with van der Waals surface area (Å²) in [6, 6.07) is 7.65. The molecular weight excluding hydrogens is 527 g/mol. The van der Waals surface area contributed by atoms with Crippen molar-refractivity contribution in [1.29, 1.82) is 0 Å². The molecule has 0 spiro atoms. The molecule has 0 heterocycles. The summed E-state index contributed by atoms with van der Waals surface area (Å²) in [5.74, 6) is -0.538. The first-order valence-electron chi connectivity index (χ1n) is 14.8. The van der Waals surface area contributed by atoms with E-state index in [2.05, 4.69) is 28.5 Å². The molecular formula is C33H44F3N3O2. The second-order valence-electron chi connectivity index (χ2n) is 10.7. The van der Waals surface area contributed by atoms with Gasteiger partial charge in [0.2, 0.25) is 11.8 Å². The van der Waals surface area contributed by atoms with E-state index in [4.69, 9.17) is 0 Å². The normalized spacial score (nSPS) is 18.4. The van der Waals surface area contributed by atoms with Crippen LogP contribution in [0.1, 0.15) is 76.3 Å². The molecule has 1 aromatic carbocycles. The Morgan fingerprint density at radius 2 is 1.83 bits per heavy atom. The summed E-state index contributed by atoms with van der Waals surface area (Å²) >= 11 is 0. The molecule has 0 fully saturated rings. The number of nitrogens with one attached hydrogen (secondary N) is 2. The third kappa shape index (κ3) is 8.93. The number of hydrogen-bond donors (Lipinski definition) is 2. The first-order valence-corrected chi connectivity index (χ1v) is 14.8. The van der Waals surface area contributed by atoms with E-state index in [0.29, 0.717) is 32.2 Å². The van der Waals surface area contributed by atoms with Crippen LogP contribution in [0.25, 0.3) is 5.57 Å².